The van der Waals surface area contributed by atoms with Crippen LogP contribution in [0.4, 0.5) is 34.1 Å². The standard InChI is InChI=1S/C107H72N2S2/c1-107(2)99-42-10-7-34-95(99)96-41-18-40-92(106(96)107)73-53-61-83(62-54-73)109(82-59-51-72(52-60-82)91-39-20-46-103-105(91)98-36-9-12-44-101(98)111-103)85-30-16-28-79(68-85)89-64-63-88(93-32-5-6-33-94(89)93)77-26-14-25-76(66-77)75-24-13-23-74(65-75)69-47-55-80(56-48-69)108(84-29-15-27-78(67-84)87-37-17-22-70-21-3-4-31-86(70)87)81-57-49-71(50-58-81)90-38-19-45-102-104(90)97-35-8-11-43-100(97)110-102/h3-68H,1-2H3. The van der Waals surface area contributed by atoms with Crippen molar-refractivity contribution in [3.05, 3.63) is 412 Å². The highest BCUT2D eigenvalue weighted by Crippen LogP contribution is 2.53. The van der Waals surface area contributed by atoms with Crippen LogP contribution in [0.1, 0.15) is 25.0 Å². The minimum absolute atomic E-state index is 0.138. The molecule has 0 fully saturated rings. The molecule has 0 bridgehead atoms. The van der Waals surface area contributed by atoms with Gasteiger partial charge in [0.1, 0.15) is 0 Å². The van der Waals surface area contributed by atoms with E-state index in [-0.39, 0.29) is 5.41 Å². The lowest BCUT2D eigenvalue weighted by Crippen LogP contribution is -2.16. The number of nitrogens with zero attached hydrogens (tertiary/aromatic N) is 2. The second kappa shape index (κ2) is 27.0. The van der Waals surface area contributed by atoms with E-state index in [2.05, 4.69) is 424 Å². The Kier molecular flexibility index (Phi) is 16.0. The molecule has 4 heteroatoms. The molecule has 0 radical (unpaired) electrons. The fourth-order valence-corrected chi connectivity index (χ4v) is 20.1. The van der Waals surface area contributed by atoms with Gasteiger partial charge < -0.3 is 9.80 Å². The molecular formula is C107H72N2S2. The predicted molar refractivity (Wildman–Crippen MR) is 478 cm³/mol. The summed E-state index contributed by atoms with van der Waals surface area (Å²) in [7, 11) is 0. The summed E-state index contributed by atoms with van der Waals surface area (Å²) in [5.41, 5.74) is 30.9. The van der Waals surface area contributed by atoms with Crippen LogP contribution < -0.4 is 9.80 Å². The molecule has 0 unspecified atom stereocenters. The molecular weight excluding hydrogens is 1380 g/mol. The summed E-state index contributed by atoms with van der Waals surface area (Å²) in [6.45, 7) is 4.75. The Balaban J connectivity index is 0.601. The predicted octanol–water partition coefficient (Wildman–Crippen LogP) is 31.3. The minimum Gasteiger partial charge on any atom is -0.310 e. The van der Waals surface area contributed by atoms with Crippen molar-refractivity contribution in [3.8, 4) is 100 Å². The highest BCUT2D eigenvalue weighted by atomic mass is 32.1. The molecule has 111 heavy (non-hydrogen) atoms. The Morgan fingerprint density at radius 2 is 0.532 bits per heavy atom. The van der Waals surface area contributed by atoms with E-state index in [9.17, 15) is 0 Å². The maximum absolute atomic E-state index is 2.43. The fourth-order valence-electron chi connectivity index (χ4n) is 17.8. The second-order valence-corrected chi connectivity index (χ2v) is 32.0. The van der Waals surface area contributed by atoms with E-state index in [0.717, 1.165) is 61.9 Å². The Morgan fingerprint density at radius 1 is 0.198 bits per heavy atom. The highest BCUT2D eigenvalue weighted by Gasteiger charge is 2.37. The van der Waals surface area contributed by atoms with E-state index in [0.29, 0.717) is 0 Å². The van der Waals surface area contributed by atoms with Crippen LogP contribution in [0.3, 0.4) is 0 Å². The van der Waals surface area contributed by atoms with Gasteiger partial charge in [-0.1, -0.05) is 305 Å². The summed E-state index contributed by atoms with van der Waals surface area (Å²) >= 11 is 3.73. The molecule has 0 aliphatic heterocycles. The summed E-state index contributed by atoms with van der Waals surface area (Å²) in [4.78, 5) is 4.83. The van der Waals surface area contributed by atoms with Gasteiger partial charge in [0.2, 0.25) is 0 Å². The van der Waals surface area contributed by atoms with Crippen LogP contribution in [-0.4, -0.2) is 0 Å². The van der Waals surface area contributed by atoms with E-state index in [1.54, 1.807) is 0 Å². The zero-order valence-corrected chi connectivity index (χ0v) is 62.9. The first-order valence-corrected chi connectivity index (χ1v) is 39.9. The summed E-state index contributed by atoms with van der Waals surface area (Å²) in [5, 5.41) is 10.1. The Bertz CT molecular complexity index is 7030. The summed E-state index contributed by atoms with van der Waals surface area (Å²) in [6, 6.07) is 149. The number of fused-ring (bicyclic) bond motifs is 11. The van der Waals surface area contributed by atoms with Gasteiger partial charge in [-0.3, -0.25) is 0 Å². The first-order valence-electron chi connectivity index (χ1n) is 38.3. The zero-order valence-electron chi connectivity index (χ0n) is 61.3. The Labute approximate surface area is 654 Å². The Morgan fingerprint density at radius 3 is 1.07 bits per heavy atom. The SMILES string of the molecule is CC1(C)c2ccccc2-c2cccc(-c3ccc(N(c4ccc(-c5cccc6sc7ccccc7c56)cc4)c4cccc(-c5ccc(-c6cccc(-c7cccc(-c8ccc(N(c9ccc(-c%10cccc%11sc%12ccccc%12c%10%11)cc9)c9cccc(-c%10cccc%11ccccc%10%11)c9)cc8)c7)c6)c6ccccc56)c4)cc3)c21. The zero-order chi connectivity index (χ0) is 73.7. The maximum atomic E-state index is 2.43. The molecule has 0 atom stereocenters. The number of thiophene rings is 2. The lowest BCUT2D eigenvalue weighted by atomic mass is 9.79. The summed E-state index contributed by atoms with van der Waals surface area (Å²) < 4.78 is 5.23. The third-order valence-electron chi connectivity index (χ3n) is 23.1. The van der Waals surface area contributed by atoms with Crippen LogP contribution in [0.15, 0.2) is 400 Å². The van der Waals surface area contributed by atoms with Crippen molar-refractivity contribution >= 4 is 119 Å². The molecule has 2 nitrogen and oxygen atoms in total. The molecule has 2 heterocycles. The van der Waals surface area contributed by atoms with E-state index in [1.807, 2.05) is 22.7 Å². The molecule has 0 amide bonds. The number of anilines is 6. The summed E-state index contributed by atoms with van der Waals surface area (Å²) in [5.74, 6) is 0. The molecule has 2 aromatic heterocycles. The van der Waals surface area contributed by atoms with Crippen molar-refractivity contribution in [1.82, 2.24) is 0 Å². The molecule has 0 spiro atoms. The van der Waals surface area contributed by atoms with Gasteiger partial charge in [0.25, 0.3) is 0 Å². The van der Waals surface area contributed by atoms with Gasteiger partial charge in [-0.2, -0.15) is 0 Å². The van der Waals surface area contributed by atoms with Gasteiger partial charge in [-0.15, -0.1) is 22.7 Å². The lowest BCUT2D eigenvalue weighted by molar-refractivity contribution is 0.662. The number of hydrogen-bond acceptors (Lipinski definition) is 4. The van der Waals surface area contributed by atoms with E-state index in [1.165, 1.54) is 145 Å². The van der Waals surface area contributed by atoms with Crippen LogP contribution in [0.5, 0.6) is 0 Å². The van der Waals surface area contributed by atoms with Crippen molar-refractivity contribution in [1.29, 1.82) is 0 Å². The van der Waals surface area contributed by atoms with Crippen LogP contribution in [-0.2, 0) is 5.41 Å². The van der Waals surface area contributed by atoms with Crippen molar-refractivity contribution in [3.63, 3.8) is 0 Å². The Hall–Kier alpha value is -13.5. The van der Waals surface area contributed by atoms with E-state index in [4.69, 9.17) is 0 Å². The van der Waals surface area contributed by atoms with E-state index >= 15 is 0 Å². The van der Waals surface area contributed by atoms with Gasteiger partial charge in [0.15, 0.2) is 0 Å². The average Bonchev–Trinajstić information content (AvgIpc) is 1.58. The fraction of sp³-hybridized carbons (Fsp3) is 0.0280. The third-order valence-corrected chi connectivity index (χ3v) is 25.3. The largest absolute Gasteiger partial charge is 0.310 e. The number of rotatable bonds is 14. The summed E-state index contributed by atoms with van der Waals surface area (Å²) in [6.07, 6.45) is 0. The molecule has 21 rings (SSSR count). The highest BCUT2D eigenvalue weighted by molar-refractivity contribution is 7.26. The maximum Gasteiger partial charge on any atom is 0.0467 e. The molecule has 20 aromatic rings. The molecule has 0 saturated heterocycles. The van der Waals surface area contributed by atoms with Crippen molar-refractivity contribution in [2.75, 3.05) is 9.80 Å². The molecule has 18 aromatic carbocycles. The molecule has 0 saturated carbocycles. The topological polar surface area (TPSA) is 6.48 Å². The first kappa shape index (κ1) is 65.8. The van der Waals surface area contributed by atoms with E-state index < -0.39 is 0 Å². The molecule has 0 N–H and O–H groups in total. The second-order valence-electron chi connectivity index (χ2n) is 29.8. The smallest absolute Gasteiger partial charge is 0.0467 e. The van der Waals surface area contributed by atoms with Crippen LogP contribution in [0, 0.1) is 0 Å². The molecule has 1 aliphatic rings. The monoisotopic (exact) mass is 1450 g/mol. The average molecular weight is 1450 g/mol. The quantitative estimate of drug-likeness (QED) is 0.107. The lowest BCUT2D eigenvalue weighted by Gasteiger charge is -2.27. The number of benzene rings is 18. The third kappa shape index (κ3) is 11.4. The van der Waals surface area contributed by atoms with Crippen molar-refractivity contribution in [2.24, 2.45) is 0 Å². The van der Waals surface area contributed by atoms with Crippen LogP contribution in [0.25, 0.3) is 162 Å². The van der Waals surface area contributed by atoms with Gasteiger partial charge in [-0.05, 0) is 242 Å². The van der Waals surface area contributed by atoms with Crippen molar-refractivity contribution < 1.29 is 0 Å². The van der Waals surface area contributed by atoms with Gasteiger partial charge in [-0.25, -0.2) is 0 Å². The van der Waals surface area contributed by atoms with Gasteiger partial charge >= 0.3 is 0 Å². The minimum atomic E-state index is -0.138. The first-order chi connectivity index (χ1) is 54.8. The normalized spacial score (nSPS) is 12.3. The van der Waals surface area contributed by atoms with Gasteiger partial charge in [0.05, 0.1) is 0 Å². The molecule has 522 valence electrons. The molecule has 1 aliphatic carbocycles. The van der Waals surface area contributed by atoms with Gasteiger partial charge in [0, 0.05) is 79.9 Å². The number of hydrogen-bond donors (Lipinski definition) is 0. The van der Waals surface area contributed by atoms with Crippen LogP contribution >= 0.6 is 22.7 Å². The van der Waals surface area contributed by atoms with Crippen LogP contribution in [0.2, 0.25) is 0 Å². The van der Waals surface area contributed by atoms with Crippen molar-refractivity contribution in [2.45, 2.75) is 19.3 Å².